The van der Waals surface area contributed by atoms with Crippen molar-refractivity contribution < 1.29 is 0 Å². The van der Waals surface area contributed by atoms with Crippen LogP contribution in [0.1, 0.15) is 25.5 Å². The maximum absolute atomic E-state index is 5.84. The third-order valence-corrected chi connectivity index (χ3v) is 2.70. The topological polar surface area (TPSA) is 63.8 Å². The van der Waals surface area contributed by atoms with E-state index in [1.54, 1.807) is 0 Å². The van der Waals surface area contributed by atoms with E-state index in [0.29, 0.717) is 11.5 Å². The molecule has 0 aromatic carbocycles. The van der Waals surface area contributed by atoms with E-state index in [1.165, 1.54) is 0 Å². The minimum absolute atomic E-state index is 0.151. The van der Waals surface area contributed by atoms with Crippen LogP contribution in [0, 0.1) is 6.92 Å². The number of nitrogens with two attached hydrogens (primary N) is 1. The van der Waals surface area contributed by atoms with Crippen molar-refractivity contribution in [2.75, 3.05) is 11.1 Å². The summed E-state index contributed by atoms with van der Waals surface area (Å²) < 4.78 is 0. The van der Waals surface area contributed by atoms with Crippen molar-refractivity contribution in [1.29, 1.82) is 0 Å². The summed E-state index contributed by atoms with van der Waals surface area (Å²) in [6, 6.07) is 0. The van der Waals surface area contributed by atoms with Gasteiger partial charge < -0.3 is 11.1 Å². The zero-order valence-corrected chi connectivity index (χ0v) is 9.02. The lowest BCUT2D eigenvalue weighted by molar-refractivity contribution is 0.819. The molecular weight excluding hydrogens is 200 g/mol. The normalized spacial score (nSPS) is 17.9. The molecular formula is C9H13ClN4. The van der Waals surface area contributed by atoms with E-state index in [4.69, 9.17) is 17.3 Å². The second-order valence-corrected chi connectivity index (χ2v) is 4.36. The molecule has 1 aromatic rings. The Hall–Kier alpha value is -1.03. The van der Waals surface area contributed by atoms with Crippen LogP contribution >= 0.6 is 11.6 Å². The molecule has 1 saturated carbocycles. The lowest BCUT2D eigenvalue weighted by atomic mass is 10.3. The Kier molecular flexibility index (Phi) is 2.03. The van der Waals surface area contributed by atoms with Gasteiger partial charge in [-0.05, 0) is 38.3 Å². The highest BCUT2D eigenvalue weighted by Crippen LogP contribution is 2.39. The lowest BCUT2D eigenvalue weighted by Crippen LogP contribution is -2.19. The number of nitrogen functional groups attached to an aromatic ring is 1. The van der Waals surface area contributed by atoms with Crippen molar-refractivity contribution in [2.24, 2.45) is 0 Å². The SMILES string of the molecule is Cc1nc(Cl)nc(NC2(C)CC2)c1N. The number of anilines is 2. The molecule has 1 aromatic heterocycles. The van der Waals surface area contributed by atoms with Crippen molar-refractivity contribution >= 4 is 23.1 Å². The molecule has 0 radical (unpaired) electrons. The molecule has 14 heavy (non-hydrogen) atoms. The third kappa shape index (κ3) is 1.75. The molecule has 1 fully saturated rings. The van der Waals surface area contributed by atoms with Crippen LogP contribution < -0.4 is 11.1 Å². The molecule has 0 atom stereocenters. The quantitative estimate of drug-likeness (QED) is 0.736. The summed E-state index contributed by atoms with van der Waals surface area (Å²) in [6.07, 6.45) is 2.29. The highest BCUT2D eigenvalue weighted by molar-refractivity contribution is 6.28. The fourth-order valence-electron chi connectivity index (χ4n) is 1.24. The van der Waals surface area contributed by atoms with Gasteiger partial charge in [0.25, 0.3) is 0 Å². The largest absolute Gasteiger partial charge is 0.394 e. The molecule has 76 valence electrons. The first-order chi connectivity index (χ1) is 6.50. The number of halogens is 1. The minimum atomic E-state index is 0.151. The summed E-state index contributed by atoms with van der Waals surface area (Å²) in [5.74, 6) is 0.655. The van der Waals surface area contributed by atoms with Crippen molar-refractivity contribution in [3.63, 3.8) is 0 Å². The van der Waals surface area contributed by atoms with Crippen LogP contribution in [0.2, 0.25) is 5.28 Å². The minimum Gasteiger partial charge on any atom is -0.394 e. The highest BCUT2D eigenvalue weighted by Gasteiger charge is 2.38. The van der Waals surface area contributed by atoms with Gasteiger partial charge >= 0.3 is 0 Å². The number of nitrogens with zero attached hydrogens (tertiary/aromatic N) is 2. The number of nitrogens with one attached hydrogen (secondary N) is 1. The number of aryl methyl sites for hydroxylation is 1. The number of aromatic nitrogens is 2. The average molecular weight is 213 g/mol. The Balaban J connectivity index is 2.32. The van der Waals surface area contributed by atoms with Gasteiger partial charge in [-0.25, -0.2) is 4.98 Å². The molecule has 1 aliphatic rings. The monoisotopic (exact) mass is 212 g/mol. The molecule has 2 rings (SSSR count). The Morgan fingerprint density at radius 3 is 2.64 bits per heavy atom. The third-order valence-electron chi connectivity index (χ3n) is 2.53. The second-order valence-electron chi connectivity index (χ2n) is 4.03. The van der Waals surface area contributed by atoms with Gasteiger partial charge in [0.05, 0.1) is 11.4 Å². The van der Waals surface area contributed by atoms with Crippen LogP contribution in [-0.2, 0) is 0 Å². The van der Waals surface area contributed by atoms with Crippen LogP contribution in [0.15, 0.2) is 0 Å². The van der Waals surface area contributed by atoms with Crippen LogP contribution in [0.3, 0.4) is 0 Å². The maximum Gasteiger partial charge on any atom is 0.224 e. The summed E-state index contributed by atoms with van der Waals surface area (Å²) in [4.78, 5) is 8.05. The highest BCUT2D eigenvalue weighted by atomic mass is 35.5. The average Bonchev–Trinajstić information content (AvgIpc) is 2.79. The van der Waals surface area contributed by atoms with Gasteiger partial charge in [-0.15, -0.1) is 0 Å². The first-order valence-corrected chi connectivity index (χ1v) is 4.96. The van der Waals surface area contributed by atoms with Gasteiger partial charge in [-0.3, -0.25) is 0 Å². The predicted molar refractivity (Wildman–Crippen MR) is 57.5 cm³/mol. The van der Waals surface area contributed by atoms with Gasteiger partial charge in [-0.1, -0.05) is 0 Å². The zero-order valence-electron chi connectivity index (χ0n) is 8.26. The summed E-state index contributed by atoms with van der Waals surface area (Å²) in [5, 5.41) is 3.52. The number of hydrogen-bond acceptors (Lipinski definition) is 4. The van der Waals surface area contributed by atoms with E-state index >= 15 is 0 Å². The zero-order chi connectivity index (χ0) is 10.3. The van der Waals surface area contributed by atoms with Crippen molar-refractivity contribution in [3.05, 3.63) is 11.0 Å². The Morgan fingerprint density at radius 1 is 1.43 bits per heavy atom. The van der Waals surface area contributed by atoms with Crippen LogP contribution in [0.5, 0.6) is 0 Å². The fraction of sp³-hybridized carbons (Fsp3) is 0.556. The molecule has 0 bridgehead atoms. The molecule has 0 unspecified atom stereocenters. The van der Waals surface area contributed by atoms with Gasteiger partial charge in [0, 0.05) is 5.54 Å². The summed E-state index contributed by atoms with van der Waals surface area (Å²) in [7, 11) is 0. The molecule has 0 amide bonds. The first-order valence-electron chi connectivity index (χ1n) is 4.58. The van der Waals surface area contributed by atoms with Crippen LogP contribution in [-0.4, -0.2) is 15.5 Å². The van der Waals surface area contributed by atoms with Gasteiger partial charge in [-0.2, -0.15) is 4.98 Å². The first kappa shape index (κ1) is 9.52. The summed E-state index contributed by atoms with van der Waals surface area (Å²) in [5.41, 5.74) is 7.30. The maximum atomic E-state index is 5.84. The predicted octanol–water partition coefficient (Wildman–Crippen LogP) is 1.99. The molecule has 0 saturated heterocycles. The van der Waals surface area contributed by atoms with Gasteiger partial charge in [0.1, 0.15) is 0 Å². The van der Waals surface area contributed by atoms with Gasteiger partial charge in [0.15, 0.2) is 5.82 Å². The lowest BCUT2D eigenvalue weighted by Gasteiger charge is -2.14. The second kappa shape index (κ2) is 2.98. The Bertz CT molecular complexity index is 373. The molecule has 5 heteroatoms. The van der Waals surface area contributed by atoms with Crippen LogP contribution in [0.25, 0.3) is 0 Å². The van der Waals surface area contributed by atoms with Crippen molar-refractivity contribution in [3.8, 4) is 0 Å². The Morgan fingerprint density at radius 2 is 2.07 bits per heavy atom. The molecule has 0 spiro atoms. The summed E-state index contributed by atoms with van der Waals surface area (Å²) >= 11 is 5.75. The van der Waals surface area contributed by atoms with E-state index in [9.17, 15) is 0 Å². The Labute approximate surface area is 87.9 Å². The van der Waals surface area contributed by atoms with Crippen molar-refractivity contribution in [1.82, 2.24) is 9.97 Å². The van der Waals surface area contributed by atoms with E-state index in [2.05, 4.69) is 22.2 Å². The fourth-order valence-corrected chi connectivity index (χ4v) is 1.45. The van der Waals surface area contributed by atoms with E-state index in [-0.39, 0.29) is 10.8 Å². The molecule has 0 aliphatic heterocycles. The smallest absolute Gasteiger partial charge is 0.224 e. The number of rotatable bonds is 2. The molecule has 4 nitrogen and oxygen atoms in total. The van der Waals surface area contributed by atoms with Crippen LogP contribution in [0.4, 0.5) is 11.5 Å². The molecule has 3 N–H and O–H groups in total. The molecule has 1 heterocycles. The number of hydrogen-bond donors (Lipinski definition) is 2. The summed E-state index contributed by atoms with van der Waals surface area (Å²) in [6.45, 7) is 3.96. The van der Waals surface area contributed by atoms with Crippen molar-refractivity contribution in [2.45, 2.75) is 32.2 Å². The van der Waals surface area contributed by atoms with Gasteiger partial charge in [0.2, 0.25) is 5.28 Å². The van der Waals surface area contributed by atoms with E-state index < -0.39 is 0 Å². The van der Waals surface area contributed by atoms with E-state index in [0.717, 1.165) is 18.5 Å². The van der Waals surface area contributed by atoms with E-state index in [1.807, 2.05) is 6.92 Å². The molecule has 1 aliphatic carbocycles. The standard InChI is InChI=1S/C9H13ClN4/c1-5-6(11)7(13-8(10)12-5)14-9(2)3-4-9/h3-4,11H2,1-2H3,(H,12,13,14).